The number of halogens is 1. The van der Waals surface area contributed by atoms with Crippen LogP contribution in [-0.2, 0) is 4.79 Å². The Morgan fingerprint density at radius 3 is 2.69 bits per heavy atom. The Balaban J connectivity index is 2.48. The summed E-state index contributed by atoms with van der Waals surface area (Å²) < 4.78 is 5.31. The van der Waals surface area contributed by atoms with E-state index in [1.54, 1.807) is 6.26 Å². The van der Waals surface area contributed by atoms with Crippen molar-refractivity contribution in [3.8, 4) is 0 Å². The van der Waals surface area contributed by atoms with Crippen LogP contribution in [0.3, 0.4) is 0 Å². The third-order valence-electron chi connectivity index (χ3n) is 2.75. The van der Waals surface area contributed by atoms with E-state index in [0.717, 1.165) is 16.5 Å². The summed E-state index contributed by atoms with van der Waals surface area (Å²) in [6.07, 6.45) is 1.64. The standard InChI is InChI=1S/C13H13ClO2/c1-8(2)12(13(14)15)10-4-3-9-5-6-16-11(9)7-10/h3-8,12H,1-2H3. The van der Waals surface area contributed by atoms with E-state index < -0.39 is 0 Å². The van der Waals surface area contributed by atoms with Crippen LogP contribution in [0.1, 0.15) is 25.3 Å². The monoisotopic (exact) mass is 236 g/mol. The molecule has 0 saturated heterocycles. The number of rotatable bonds is 3. The van der Waals surface area contributed by atoms with Gasteiger partial charge in [-0.3, -0.25) is 4.79 Å². The molecule has 0 saturated carbocycles. The van der Waals surface area contributed by atoms with E-state index in [1.165, 1.54) is 0 Å². The fourth-order valence-electron chi connectivity index (χ4n) is 1.94. The zero-order chi connectivity index (χ0) is 11.7. The van der Waals surface area contributed by atoms with E-state index in [0.29, 0.717) is 0 Å². The van der Waals surface area contributed by atoms with Gasteiger partial charge in [-0.15, -0.1) is 0 Å². The second-order valence-electron chi connectivity index (χ2n) is 4.24. The van der Waals surface area contributed by atoms with Crippen LogP contribution in [0.2, 0.25) is 0 Å². The van der Waals surface area contributed by atoms with Crippen molar-refractivity contribution < 1.29 is 9.21 Å². The lowest BCUT2D eigenvalue weighted by atomic mass is 9.89. The highest BCUT2D eigenvalue weighted by Crippen LogP contribution is 2.29. The molecule has 0 N–H and O–H groups in total. The molecule has 2 aromatic rings. The molecule has 1 atom stereocenters. The Morgan fingerprint density at radius 2 is 2.06 bits per heavy atom. The Bertz CT molecular complexity index is 513. The lowest BCUT2D eigenvalue weighted by molar-refractivity contribution is -0.113. The molecular formula is C13H13ClO2. The van der Waals surface area contributed by atoms with E-state index in [4.69, 9.17) is 16.0 Å². The van der Waals surface area contributed by atoms with Gasteiger partial charge in [0.2, 0.25) is 5.24 Å². The molecule has 1 unspecified atom stereocenters. The van der Waals surface area contributed by atoms with Crippen molar-refractivity contribution in [3.63, 3.8) is 0 Å². The average molecular weight is 237 g/mol. The van der Waals surface area contributed by atoms with Crippen LogP contribution in [0, 0.1) is 5.92 Å². The zero-order valence-electron chi connectivity index (χ0n) is 9.24. The van der Waals surface area contributed by atoms with Gasteiger partial charge >= 0.3 is 0 Å². The van der Waals surface area contributed by atoms with Crippen molar-refractivity contribution in [3.05, 3.63) is 36.1 Å². The van der Waals surface area contributed by atoms with E-state index in [9.17, 15) is 4.79 Å². The minimum atomic E-state index is -0.319. The number of benzene rings is 1. The first-order chi connectivity index (χ1) is 7.59. The summed E-state index contributed by atoms with van der Waals surface area (Å²) in [6, 6.07) is 7.67. The third-order valence-corrected chi connectivity index (χ3v) is 2.99. The number of carbonyl (C=O) groups is 1. The van der Waals surface area contributed by atoms with Crippen molar-refractivity contribution >= 4 is 27.8 Å². The lowest BCUT2D eigenvalue weighted by Gasteiger charge is -2.16. The Hall–Kier alpha value is -1.28. The fraction of sp³-hybridized carbons (Fsp3) is 0.308. The third kappa shape index (κ3) is 1.98. The summed E-state index contributed by atoms with van der Waals surface area (Å²) in [4.78, 5) is 11.4. The molecule has 16 heavy (non-hydrogen) atoms. The molecule has 0 fully saturated rings. The van der Waals surface area contributed by atoms with Crippen LogP contribution in [-0.4, -0.2) is 5.24 Å². The minimum absolute atomic E-state index is 0.178. The summed E-state index contributed by atoms with van der Waals surface area (Å²) in [5, 5.41) is 0.717. The van der Waals surface area contributed by atoms with Gasteiger partial charge in [0.15, 0.2) is 0 Å². The molecule has 3 heteroatoms. The number of hydrogen-bond donors (Lipinski definition) is 0. The van der Waals surface area contributed by atoms with E-state index in [2.05, 4.69) is 0 Å². The average Bonchev–Trinajstić information content (AvgIpc) is 2.63. The molecule has 0 aliphatic rings. The van der Waals surface area contributed by atoms with Crippen LogP contribution in [0.15, 0.2) is 34.9 Å². The van der Waals surface area contributed by atoms with E-state index in [1.807, 2.05) is 38.1 Å². The van der Waals surface area contributed by atoms with Gasteiger partial charge in [0.05, 0.1) is 12.2 Å². The molecule has 2 rings (SSSR count). The molecule has 1 aromatic carbocycles. The normalized spacial score (nSPS) is 13.2. The number of carbonyl (C=O) groups excluding carboxylic acids is 1. The first-order valence-corrected chi connectivity index (χ1v) is 5.64. The molecule has 84 valence electrons. The highest BCUT2D eigenvalue weighted by molar-refractivity contribution is 6.64. The first-order valence-electron chi connectivity index (χ1n) is 5.26. The van der Waals surface area contributed by atoms with Gasteiger partial charge in [0, 0.05) is 5.39 Å². The van der Waals surface area contributed by atoms with Crippen LogP contribution in [0.25, 0.3) is 11.0 Å². The van der Waals surface area contributed by atoms with Gasteiger partial charge in [-0.2, -0.15) is 0 Å². The van der Waals surface area contributed by atoms with Crippen molar-refractivity contribution in [2.45, 2.75) is 19.8 Å². The maximum absolute atomic E-state index is 11.4. The van der Waals surface area contributed by atoms with Gasteiger partial charge in [-0.25, -0.2) is 0 Å². The van der Waals surface area contributed by atoms with Gasteiger partial charge in [-0.1, -0.05) is 26.0 Å². The van der Waals surface area contributed by atoms with Crippen molar-refractivity contribution in [1.82, 2.24) is 0 Å². The molecule has 2 nitrogen and oxygen atoms in total. The molecule has 0 aliphatic heterocycles. The van der Waals surface area contributed by atoms with Crippen LogP contribution >= 0.6 is 11.6 Å². The summed E-state index contributed by atoms with van der Waals surface area (Å²) in [5.41, 5.74) is 1.71. The lowest BCUT2D eigenvalue weighted by Crippen LogP contribution is -2.13. The predicted octanol–water partition coefficient (Wildman–Crippen LogP) is 3.94. The number of furan rings is 1. The van der Waals surface area contributed by atoms with Crippen LogP contribution < -0.4 is 0 Å². The zero-order valence-corrected chi connectivity index (χ0v) is 9.99. The number of fused-ring (bicyclic) bond motifs is 1. The molecule has 1 heterocycles. The molecule has 0 spiro atoms. The minimum Gasteiger partial charge on any atom is -0.464 e. The molecule has 0 amide bonds. The summed E-state index contributed by atoms with van der Waals surface area (Å²) >= 11 is 5.63. The smallest absolute Gasteiger partial charge is 0.229 e. The molecule has 1 aromatic heterocycles. The quantitative estimate of drug-likeness (QED) is 0.756. The van der Waals surface area contributed by atoms with Gasteiger partial charge < -0.3 is 4.42 Å². The Kier molecular flexibility index (Phi) is 3.01. The summed E-state index contributed by atoms with van der Waals surface area (Å²) in [6.45, 7) is 3.97. The largest absolute Gasteiger partial charge is 0.464 e. The summed E-state index contributed by atoms with van der Waals surface area (Å²) in [5.74, 6) is -0.0893. The van der Waals surface area contributed by atoms with Gasteiger partial charge in [0.25, 0.3) is 0 Å². The SMILES string of the molecule is CC(C)C(C(=O)Cl)c1ccc2ccoc2c1. The van der Waals surface area contributed by atoms with Crippen molar-refractivity contribution in [2.24, 2.45) is 5.92 Å². The highest BCUT2D eigenvalue weighted by atomic mass is 35.5. The summed E-state index contributed by atoms with van der Waals surface area (Å²) in [7, 11) is 0. The maximum atomic E-state index is 11.4. The first kappa shape index (κ1) is 11.2. The Labute approximate surface area is 99.2 Å². The maximum Gasteiger partial charge on any atom is 0.229 e. The van der Waals surface area contributed by atoms with Crippen LogP contribution in [0.5, 0.6) is 0 Å². The topological polar surface area (TPSA) is 30.2 Å². The van der Waals surface area contributed by atoms with Crippen molar-refractivity contribution in [1.29, 1.82) is 0 Å². The highest BCUT2D eigenvalue weighted by Gasteiger charge is 2.22. The predicted molar refractivity (Wildman–Crippen MR) is 64.7 cm³/mol. The van der Waals surface area contributed by atoms with Crippen LogP contribution in [0.4, 0.5) is 0 Å². The van der Waals surface area contributed by atoms with Gasteiger partial charge in [-0.05, 0) is 35.2 Å². The Morgan fingerprint density at radius 1 is 1.31 bits per heavy atom. The van der Waals surface area contributed by atoms with E-state index in [-0.39, 0.29) is 17.1 Å². The molecule has 0 radical (unpaired) electrons. The second-order valence-corrected chi connectivity index (χ2v) is 4.62. The molecular weight excluding hydrogens is 224 g/mol. The van der Waals surface area contributed by atoms with Gasteiger partial charge in [0.1, 0.15) is 5.58 Å². The van der Waals surface area contributed by atoms with E-state index >= 15 is 0 Å². The fourth-order valence-corrected chi connectivity index (χ4v) is 2.32. The molecule has 0 bridgehead atoms. The second kappa shape index (κ2) is 4.30. The number of hydrogen-bond acceptors (Lipinski definition) is 2. The van der Waals surface area contributed by atoms with Crippen molar-refractivity contribution in [2.75, 3.05) is 0 Å². The molecule has 0 aliphatic carbocycles.